The van der Waals surface area contributed by atoms with Gasteiger partial charge in [0.2, 0.25) is 7.60 Å². The van der Waals surface area contributed by atoms with E-state index in [1.807, 2.05) is 0 Å². The van der Waals surface area contributed by atoms with Crippen LogP contribution < -0.4 is 10.2 Å². The summed E-state index contributed by atoms with van der Waals surface area (Å²) in [7, 11) is -3.49. The molecule has 1 atom stereocenters. The second-order valence-corrected chi connectivity index (χ2v) is 4.24. The molecule has 0 aliphatic rings. The first-order valence-corrected chi connectivity index (χ1v) is 5.34. The molecule has 5 nitrogen and oxygen atoms in total. The summed E-state index contributed by atoms with van der Waals surface area (Å²) in [5.41, 5.74) is -0.739. The topological polar surface area (TPSA) is 78.5 Å². The van der Waals surface area contributed by atoms with Crippen molar-refractivity contribution in [2.75, 3.05) is 12.4 Å². The molecule has 14 heavy (non-hydrogen) atoms. The maximum absolute atomic E-state index is 11.1. The highest BCUT2D eigenvalue weighted by Gasteiger charge is 2.17. The lowest BCUT2D eigenvalue weighted by Gasteiger charge is -2.19. The Bertz CT molecular complexity index is 365. The third-order valence-corrected chi connectivity index (χ3v) is 2.60. The number of carbonyl (C=O) groups is 1. The molecule has 0 heterocycles. The first-order valence-electron chi connectivity index (χ1n) is 3.79. The molecule has 0 aliphatic heterocycles. The Labute approximate surface area is 81.2 Å². The van der Waals surface area contributed by atoms with E-state index in [9.17, 15) is 14.3 Å². The quantitative estimate of drug-likeness (QED) is 0.771. The fraction of sp³-hybridized carbons (Fsp3) is 0.125. The van der Waals surface area contributed by atoms with Gasteiger partial charge in [-0.15, -0.1) is 0 Å². The highest BCUT2D eigenvalue weighted by Crippen LogP contribution is 2.37. The maximum atomic E-state index is 11.1. The number of hydrogen-bond donors (Lipinski definition) is 1. The van der Waals surface area contributed by atoms with Gasteiger partial charge < -0.3 is 14.7 Å². The smallest absolute Gasteiger partial charge is 0.295 e. The first-order chi connectivity index (χ1) is 6.56. The average molecular weight is 214 g/mol. The summed E-state index contributed by atoms with van der Waals surface area (Å²) in [5.74, 6) is 0. The largest absolute Gasteiger partial charge is 0.772 e. The summed E-state index contributed by atoms with van der Waals surface area (Å²) in [6.07, 6.45) is 0. The van der Waals surface area contributed by atoms with E-state index in [1.165, 1.54) is 0 Å². The molecule has 1 N–H and O–H groups in total. The van der Waals surface area contributed by atoms with Gasteiger partial charge in [0, 0.05) is 12.8 Å². The van der Waals surface area contributed by atoms with Gasteiger partial charge in [-0.1, -0.05) is 18.2 Å². The van der Waals surface area contributed by atoms with E-state index in [0.717, 1.165) is 7.11 Å². The van der Waals surface area contributed by atoms with Crippen LogP contribution in [0.15, 0.2) is 30.3 Å². The van der Waals surface area contributed by atoms with Crippen LogP contribution in [-0.4, -0.2) is 12.8 Å². The Hall–Kier alpha value is -1.16. The Morgan fingerprint density at radius 1 is 1.43 bits per heavy atom. The predicted octanol–water partition coefficient (Wildman–Crippen LogP) is 1.42. The van der Waals surface area contributed by atoms with Gasteiger partial charge in [0.05, 0.1) is 0 Å². The van der Waals surface area contributed by atoms with Gasteiger partial charge >= 0.3 is 0 Å². The molecule has 0 saturated heterocycles. The number of para-hydroxylation sites is 1. The Kier molecular flexibility index (Phi) is 3.41. The highest BCUT2D eigenvalue weighted by molar-refractivity contribution is 7.70. The van der Waals surface area contributed by atoms with Gasteiger partial charge in [-0.3, -0.25) is 9.36 Å². The molecule has 1 aromatic carbocycles. The van der Waals surface area contributed by atoms with E-state index >= 15 is 0 Å². The molecule has 0 fully saturated rings. The fourth-order valence-corrected chi connectivity index (χ4v) is 1.23. The standard InChI is InChI=1S/C8H10NO4P/c1-13-14(11,12)8(10)9-7-5-3-2-4-6-7/h2-6H,1H3,(H,9,10)(H,11,12)/p-1. The lowest BCUT2D eigenvalue weighted by Crippen LogP contribution is -2.18. The normalized spacial score (nSPS) is 14.4. The molecule has 1 unspecified atom stereocenters. The van der Waals surface area contributed by atoms with Gasteiger partial charge in [0.1, 0.15) is 0 Å². The molecule has 1 amide bonds. The van der Waals surface area contributed by atoms with E-state index in [0.29, 0.717) is 5.69 Å². The lowest BCUT2D eigenvalue weighted by molar-refractivity contribution is -0.191. The summed E-state index contributed by atoms with van der Waals surface area (Å²) in [5, 5.41) is 2.19. The van der Waals surface area contributed by atoms with Crippen LogP contribution in [0, 0.1) is 0 Å². The molecular formula is C8H9NO4P-. The SMILES string of the molecule is COP(=O)([O-])C(=O)Nc1ccccc1. The minimum absolute atomic E-state index is 0.408. The Balaban J connectivity index is 2.72. The number of hydrogen-bond acceptors (Lipinski definition) is 4. The molecular weight excluding hydrogens is 205 g/mol. The second kappa shape index (κ2) is 4.37. The second-order valence-electron chi connectivity index (χ2n) is 2.48. The fourth-order valence-electron chi connectivity index (χ4n) is 0.796. The van der Waals surface area contributed by atoms with E-state index in [1.54, 1.807) is 30.3 Å². The number of nitrogens with one attached hydrogen (secondary N) is 1. The van der Waals surface area contributed by atoms with Crippen molar-refractivity contribution in [2.24, 2.45) is 0 Å². The minimum atomic E-state index is -4.43. The van der Waals surface area contributed by atoms with Gasteiger partial charge in [0.15, 0.2) is 0 Å². The molecule has 0 saturated carbocycles. The van der Waals surface area contributed by atoms with E-state index in [4.69, 9.17) is 0 Å². The van der Waals surface area contributed by atoms with E-state index in [-0.39, 0.29) is 0 Å². The van der Waals surface area contributed by atoms with Crippen LogP contribution in [0.2, 0.25) is 0 Å². The summed E-state index contributed by atoms with van der Waals surface area (Å²) >= 11 is 0. The van der Waals surface area contributed by atoms with Crippen molar-refractivity contribution in [1.82, 2.24) is 0 Å². The van der Waals surface area contributed by atoms with Gasteiger partial charge in [-0.2, -0.15) is 0 Å². The van der Waals surface area contributed by atoms with Crippen molar-refractivity contribution in [1.29, 1.82) is 0 Å². The van der Waals surface area contributed by atoms with Crippen molar-refractivity contribution < 1.29 is 18.8 Å². The lowest BCUT2D eigenvalue weighted by atomic mass is 10.3. The summed E-state index contributed by atoms with van der Waals surface area (Å²) in [6.45, 7) is 0. The maximum Gasteiger partial charge on any atom is 0.295 e. The molecule has 0 bridgehead atoms. The molecule has 1 aromatic rings. The molecule has 0 radical (unpaired) electrons. The molecule has 0 aliphatic carbocycles. The zero-order valence-electron chi connectivity index (χ0n) is 7.47. The molecule has 1 rings (SSSR count). The number of rotatable bonds is 3. The molecule has 0 spiro atoms. The summed E-state index contributed by atoms with van der Waals surface area (Å²) < 4.78 is 15.0. The van der Waals surface area contributed by atoms with E-state index in [2.05, 4.69) is 9.84 Å². The predicted molar refractivity (Wildman–Crippen MR) is 50.1 cm³/mol. The summed E-state index contributed by atoms with van der Waals surface area (Å²) in [6, 6.07) is 8.26. The third-order valence-electron chi connectivity index (χ3n) is 1.51. The van der Waals surface area contributed by atoms with Crippen LogP contribution >= 0.6 is 7.60 Å². The number of anilines is 1. The third kappa shape index (κ3) is 2.67. The van der Waals surface area contributed by atoms with Crippen molar-refractivity contribution >= 4 is 18.9 Å². The minimum Gasteiger partial charge on any atom is -0.772 e. The van der Waals surface area contributed by atoms with E-state index < -0.39 is 13.2 Å². The van der Waals surface area contributed by atoms with Crippen molar-refractivity contribution in [3.05, 3.63) is 30.3 Å². The Morgan fingerprint density at radius 2 is 2.00 bits per heavy atom. The van der Waals surface area contributed by atoms with Crippen LogP contribution in [0.25, 0.3) is 0 Å². The highest BCUT2D eigenvalue weighted by atomic mass is 31.2. The van der Waals surface area contributed by atoms with Crippen molar-refractivity contribution in [3.8, 4) is 0 Å². The number of amides is 1. The van der Waals surface area contributed by atoms with Gasteiger partial charge in [-0.25, -0.2) is 0 Å². The van der Waals surface area contributed by atoms with Crippen LogP contribution in [0.1, 0.15) is 0 Å². The van der Waals surface area contributed by atoms with Crippen molar-refractivity contribution in [3.63, 3.8) is 0 Å². The zero-order chi connectivity index (χ0) is 10.6. The van der Waals surface area contributed by atoms with Gasteiger partial charge in [-0.05, 0) is 12.1 Å². The number of carbonyl (C=O) groups excluding carboxylic acids is 1. The molecule has 0 aromatic heterocycles. The van der Waals surface area contributed by atoms with Crippen LogP contribution in [0.3, 0.4) is 0 Å². The Morgan fingerprint density at radius 3 is 2.50 bits per heavy atom. The van der Waals surface area contributed by atoms with Crippen LogP contribution in [0.5, 0.6) is 0 Å². The van der Waals surface area contributed by atoms with Crippen molar-refractivity contribution in [2.45, 2.75) is 0 Å². The van der Waals surface area contributed by atoms with Crippen LogP contribution in [-0.2, 0) is 9.09 Å². The van der Waals surface area contributed by atoms with Gasteiger partial charge in [0.25, 0.3) is 5.65 Å². The average Bonchev–Trinajstić information content (AvgIpc) is 2.19. The molecule has 76 valence electrons. The zero-order valence-corrected chi connectivity index (χ0v) is 8.36. The monoisotopic (exact) mass is 214 g/mol. The first kappa shape index (κ1) is 10.9. The molecule has 6 heteroatoms. The van der Waals surface area contributed by atoms with Crippen LogP contribution in [0.4, 0.5) is 10.5 Å². The summed E-state index contributed by atoms with van der Waals surface area (Å²) in [4.78, 5) is 22.0. The number of benzene rings is 1.